The molecule has 2 saturated carbocycles. The second-order valence-corrected chi connectivity index (χ2v) is 16.0. The molecule has 2 unspecified atom stereocenters. The molecule has 0 N–H and O–H groups in total. The van der Waals surface area contributed by atoms with Gasteiger partial charge in [-0.05, 0) is 142 Å². The monoisotopic (exact) mass is 711 g/mol. The number of hydrogen-bond acceptors (Lipinski definition) is 5. The molecule has 7 aromatic rings. The van der Waals surface area contributed by atoms with E-state index in [-0.39, 0.29) is 5.41 Å². The van der Waals surface area contributed by atoms with E-state index in [9.17, 15) is 10.5 Å². The van der Waals surface area contributed by atoms with Gasteiger partial charge < -0.3 is 0 Å². The number of nitrogens with zero attached hydrogens (tertiary/aromatic N) is 5. The van der Waals surface area contributed by atoms with Crippen LogP contribution >= 0.6 is 0 Å². The fraction of sp³-hybridized carbons (Fsp3) is 0.220. The molecule has 6 aromatic carbocycles. The highest BCUT2D eigenvalue weighted by Crippen LogP contribution is 2.54. The zero-order valence-corrected chi connectivity index (χ0v) is 31.2. The summed E-state index contributed by atoms with van der Waals surface area (Å²) in [4.78, 5) is 15.3. The molecular formula is C50H41N5. The van der Waals surface area contributed by atoms with Gasteiger partial charge in [0.2, 0.25) is 0 Å². The minimum Gasteiger partial charge on any atom is -0.208 e. The molecule has 9 rings (SSSR count). The van der Waals surface area contributed by atoms with Crippen LogP contribution in [0.2, 0.25) is 0 Å². The molecule has 2 aliphatic carbocycles. The quantitative estimate of drug-likeness (QED) is 0.171. The molecule has 0 amide bonds. The SMILES string of the molecule is C[C@@H]1CC2C[C@H](C)CC(c3ccc(-c4cc(-c5nc(-c6ccc(C#N)cc6)nc(-c6ccc(-c7ccc(C#N)cc7)cc6)n5)c5ccccc5c4)cc3)(C2)C1. The van der Waals surface area contributed by atoms with Crippen molar-refractivity contribution in [1.82, 2.24) is 15.0 Å². The predicted octanol–water partition coefficient (Wildman–Crippen LogP) is 12.2. The second-order valence-electron chi connectivity index (χ2n) is 16.0. The summed E-state index contributed by atoms with van der Waals surface area (Å²) in [6.07, 6.45) is 6.64. The Hall–Kier alpha value is -6.43. The van der Waals surface area contributed by atoms with Crippen molar-refractivity contribution in [3.05, 3.63) is 150 Å². The molecule has 2 aliphatic rings. The number of benzene rings is 6. The van der Waals surface area contributed by atoms with Gasteiger partial charge in [-0.3, -0.25) is 0 Å². The van der Waals surface area contributed by atoms with Crippen LogP contribution in [0.25, 0.3) is 67.2 Å². The predicted molar refractivity (Wildman–Crippen MR) is 221 cm³/mol. The number of nitriles is 2. The third-order valence-electron chi connectivity index (χ3n) is 12.0. The molecule has 1 aromatic heterocycles. The van der Waals surface area contributed by atoms with E-state index in [0.717, 1.165) is 61.9 Å². The van der Waals surface area contributed by atoms with E-state index < -0.39 is 0 Å². The van der Waals surface area contributed by atoms with Gasteiger partial charge in [0, 0.05) is 16.7 Å². The largest absolute Gasteiger partial charge is 0.208 e. The van der Waals surface area contributed by atoms with Gasteiger partial charge in [-0.15, -0.1) is 0 Å². The van der Waals surface area contributed by atoms with E-state index in [0.29, 0.717) is 28.6 Å². The van der Waals surface area contributed by atoms with Crippen LogP contribution in [0.3, 0.4) is 0 Å². The molecule has 0 radical (unpaired) electrons. The second kappa shape index (κ2) is 14.1. The lowest BCUT2D eigenvalue weighted by Crippen LogP contribution is -2.42. The Balaban J connectivity index is 1.14. The van der Waals surface area contributed by atoms with Crippen LogP contribution in [0.4, 0.5) is 0 Å². The Kier molecular flexibility index (Phi) is 8.80. The molecule has 266 valence electrons. The molecule has 5 nitrogen and oxygen atoms in total. The maximum absolute atomic E-state index is 9.47. The fourth-order valence-corrected chi connectivity index (χ4v) is 9.73. The highest BCUT2D eigenvalue weighted by Gasteiger charge is 2.45. The molecule has 5 heteroatoms. The van der Waals surface area contributed by atoms with Crippen molar-refractivity contribution >= 4 is 10.8 Å². The van der Waals surface area contributed by atoms with E-state index in [1.165, 1.54) is 43.2 Å². The number of hydrogen-bond donors (Lipinski definition) is 0. The molecule has 1 heterocycles. The van der Waals surface area contributed by atoms with Gasteiger partial charge in [-0.1, -0.05) is 98.8 Å². The molecule has 0 saturated heterocycles. The van der Waals surface area contributed by atoms with E-state index in [1.807, 2.05) is 48.5 Å². The van der Waals surface area contributed by atoms with E-state index >= 15 is 0 Å². The number of rotatable bonds is 6. The summed E-state index contributed by atoms with van der Waals surface area (Å²) in [6.45, 7) is 4.90. The third-order valence-corrected chi connectivity index (χ3v) is 12.0. The Morgan fingerprint density at radius 1 is 0.509 bits per heavy atom. The lowest BCUT2D eigenvalue weighted by atomic mass is 9.54. The van der Waals surface area contributed by atoms with E-state index in [1.54, 1.807) is 12.1 Å². The normalized spacial score (nSPS) is 20.4. The topological polar surface area (TPSA) is 86.2 Å². The summed E-state index contributed by atoms with van der Waals surface area (Å²) in [7, 11) is 0. The lowest BCUT2D eigenvalue weighted by Gasteiger charge is -2.50. The van der Waals surface area contributed by atoms with E-state index in [4.69, 9.17) is 15.0 Å². The first-order valence-corrected chi connectivity index (χ1v) is 19.4. The maximum Gasteiger partial charge on any atom is 0.164 e. The molecule has 2 fully saturated rings. The summed E-state index contributed by atoms with van der Waals surface area (Å²) in [5, 5.41) is 20.9. The van der Waals surface area contributed by atoms with Crippen LogP contribution in [0, 0.1) is 40.4 Å². The summed E-state index contributed by atoms with van der Waals surface area (Å²) >= 11 is 0. The maximum atomic E-state index is 9.47. The number of aromatic nitrogens is 3. The van der Waals surface area contributed by atoms with Crippen LogP contribution < -0.4 is 0 Å². The van der Waals surface area contributed by atoms with Crippen molar-refractivity contribution in [3.8, 4) is 68.6 Å². The van der Waals surface area contributed by atoms with Gasteiger partial charge in [0.15, 0.2) is 17.5 Å². The highest BCUT2D eigenvalue weighted by atomic mass is 15.0. The Morgan fingerprint density at radius 2 is 0.982 bits per heavy atom. The van der Waals surface area contributed by atoms with Crippen molar-refractivity contribution in [2.24, 2.45) is 17.8 Å². The minimum absolute atomic E-state index is 0.288. The first-order chi connectivity index (χ1) is 26.9. The van der Waals surface area contributed by atoms with Gasteiger partial charge in [0.1, 0.15) is 0 Å². The van der Waals surface area contributed by atoms with Gasteiger partial charge in [-0.2, -0.15) is 10.5 Å². The average Bonchev–Trinajstić information content (AvgIpc) is 3.22. The average molecular weight is 712 g/mol. The molecule has 0 spiro atoms. The Labute approximate surface area is 323 Å². The van der Waals surface area contributed by atoms with Gasteiger partial charge in [-0.25, -0.2) is 15.0 Å². The van der Waals surface area contributed by atoms with Crippen LogP contribution in [-0.2, 0) is 5.41 Å². The Bertz CT molecular complexity index is 2590. The van der Waals surface area contributed by atoms with Crippen molar-refractivity contribution < 1.29 is 0 Å². The molecule has 0 aliphatic heterocycles. The zero-order valence-electron chi connectivity index (χ0n) is 31.2. The van der Waals surface area contributed by atoms with Crippen LogP contribution in [0.1, 0.15) is 62.6 Å². The third kappa shape index (κ3) is 6.68. The van der Waals surface area contributed by atoms with Gasteiger partial charge in [0.25, 0.3) is 0 Å². The fourth-order valence-electron chi connectivity index (χ4n) is 9.73. The van der Waals surface area contributed by atoms with Crippen molar-refractivity contribution in [2.45, 2.75) is 51.4 Å². The summed E-state index contributed by atoms with van der Waals surface area (Å²) in [6, 6.07) is 50.0. The number of fused-ring (bicyclic) bond motifs is 3. The Morgan fingerprint density at radius 3 is 1.56 bits per heavy atom. The van der Waals surface area contributed by atoms with Crippen molar-refractivity contribution in [2.75, 3.05) is 0 Å². The van der Waals surface area contributed by atoms with Crippen molar-refractivity contribution in [3.63, 3.8) is 0 Å². The first-order valence-electron chi connectivity index (χ1n) is 19.4. The van der Waals surface area contributed by atoms with E-state index in [2.05, 4.69) is 98.8 Å². The molecule has 55 heavy (non-hydrogen) atoms. The zero-order chi connectivity index (χ0) is 37.5. The smallest absolute Gasteiger partial charge is 0.164 e. The van der Waals surface area contributed by atoms with Gasteiger partial charge >= 0.3 is 0 Å². The highest BCUT2D eigenvalue weighted by molar-refractivity contribution is 5.99. The summed E-state index contributed by atoms with van der Waals surface area (Å²) in [5.74, 6) is 4.08. The van der Waals surface area contributed by atoms with Gasteiger partial charge in [0.05, 0.1) is 23.3 Å². The standard InChI is InChI=1S/C50H41N5/c1-32-23-36-24-33(2)28-50(27-32,29-36)44-21-19-39(20-22-44)43-25-42-5-3-4-6-45(42)46(26-43)49-54-47(40-13-9-35(31-52)10-14-40)53-48(55-49)41-17-15-38(16-18-41)37-11-7-34(30-51)8-12-37/h3-22,25-26,32-33,36H,23-24,27-29H2,1-2H3/t32-,33+,36?,50?. The lowest BCUT2D eigenvalue weighted by molar-refractivity contribution is 0.0780. The summed E-state index contributed by atoms with van der Waals surface area (Å²) in [5.41, 5.74) is 9.98. The van der Waals surface area contributed by atoms with Crippen LogP contribution in [0.15, 0.2) is 133 Å². The molecular weight excluding hydrogens is 671 g/mol. The minimum atomic E-state index is 0.288. The van der Waals surface area contributed by atoms with Crippen molar-refractivity contribution in [1.29, 1.82) is 10.5 Å². The molecule has 4 atom stereocenters. The first kappa shape index (κ1) is 34.3. The molecule has 2 bridgehead atoms. The van der Waals surface area contributed by atoms with Crippen LogP contribution in [-0.4, -0.2) is 15.0 Å². The van der Waals surface area contributed by atoms with Crippen LogP contribution in [0.5, 0.6) is 0 Å². The summed E-state index contributed by atoms with van der Waals surface area (Å²) < 4.78 is 0.